The number of ether oxygens (including phenoxy) is 1. The van der Waals surface area contributed by atoms with Gasteiger partial charge >= 0.3 is 0 Å². The van der Waals surface area contributed by atoms with E-state index < -0.39 is 8.07 Å². The van der Waals surface area contributed by atoms with E-state index in [0.29, 0.717) is 24.0 Å². The predicted octanol–water partition coefficient (Wildman–Crippen LogP) is 6.54. The number of fused-ring (bicyclic) bond motifs is 2. The van der Waals surface area contributed by atoms with Crippen molar-refractivity contribution in [2.45, 2.75) is 57.7 Å². The molecule has 4 aromatic rings. The van der Waals surface area contributed by atoms with Gasteiger partial charge in [0, 0.05) is 25.8 Å². The van der Waals surface area contributed by atoms with Gasteiger partial charge in [0.2, 0.25) is 0 Å². The molecule has 2 atom stereocenters. The van der Waals surface area contributed by atoms with Crippen molar-refractivity contribution in [1.82, 2.24) is 14.8 Å². The molecule has 0 radical (unpaired) electrons. The van der Waals surface area contributed by atoms with E-state index >= 15 is 0 Å². The summed E-state index contributed by atoms with van der Waals surface area (Å²) in [7, 11) is -1.15. The first-order valence-corrected chi connectivity index (χ1v) is 15.8. The molecule has 0 saturated carbocycles. The maximum atomic E-state index is 9.27. The first-order chi connectivity index (χ1) is 16.8. The molecule has 8 heteroatoms. The number of benzene rings is 2. The van der Waals surface area contributed by atoms with Crippen molar-refractivity contribution in [3.05, 3.63) is 65.7 Å². The van der Waals surface area contributed by atoms with Crippen LogP contribution in [0.2, 0.25) is 25.7 Å². The summed E-state index contributed by atoms with van der Waals surface area (Å²) in [5, 5.41) is 18.8. The Kier molecular flexibility index (Phi) is 6.22. The molecule has 5 rings (SSSR count). The number of hydrogen-bond donors (Lipinski definition) is 1. The highest BCUT2D eigenvalue weighted by Gasteiger charge is 2.28. The molecule has 0 bridgehead atoms. The summed E-state index contributed by atoms with van der Waals surface area (Å²) in [6.07, 6.45) is 4.11. The fraction of sp³-hybridized carbons (Fsp3) is 0.370. The van der Waals surface area contributed by atoms with Gasteiger partial charge in [0.05, 0.1) is 29.4 Å². The molecule has 0 aliphatic heterocycles. The van der Waals surface area contributed by atoms with Gasteiger partial charge in [0.15, 0.2) is 12.2 Å². The number of nitrogens with one attached hydrogen (secondary N) is 1. The van der Waals surface area contributed by atoms with Crippen molar-refractivity contribution in [3.63, 3.8) is 0 Å². The Morgan fingerprint density at radius 1 is 1.20 bits per heavy atom. The third kappa shape index (κ3) is 4.88. The molecule has 2 heterocycles. The average molecular weight is 486 g/mol. The predicted molar refractivity (Wildman–Crippen MR) is 140 cm³/mol. The second-order valence-electron chi connectivity index (χ2n) is 10.6. The van der Waals surface area contributed by atoms with Crippen LogP contribution >= 0.6 is 0 Å². The van der Waals surface area contributed by atoms with Gasteiger partial charge in [0.25, 0.3) is 0 Å². The molecule has 1 aliphatic rings. The van der Waals surface area contributed by atoms with E-state index in [9.17, 15) is 5.26 Å². The smallest absolute Gasteiger partial charge is 0.181 e. The minimum absolute atomic E-state index is 0.193. The molecule has 1 N–H and O–H groups in total. The van der Waals surface area contributed by atoms with E-state index in [2.05, 4.69) is 67.2 Å². The standard InChI is InChI=1S/C27H31N5O2Si/c1-18-11-24(21-7-5-19(14-28)12-22(18)21)30-20-6-8-25-23(13-20)27(26-15-29-16-34-26)31-32(25)17-33-9-10-35(2,3)4/h5-8,12-13,15-16,18,24,30H,9-11,17H2,1-4H3. The lowest BCUT2D eigenvalue weighted by molar-refractivity contribution is 0.0818. The first kappa shape index (κ1) is 23.3. The van der Waals surface area contributed by atoms with Crippen molar-refractivity contribution in [2.75, 3.05) is 11.9 Å². The normalized spacial score (nSPS) is 17.5. The van der Waals surface area contributed by atoms with Crippen LogP contribution in [-0.2, 0) is 11.5 Å². The molecule has 7 nitrogen and oxygen atoms in total. The van der Waals surface area contributed by atoms with Crippen LogP contribution in [0.15, 0.2) is 53.4 Å². The van der Waals surface area contributed by atoms with E-state index in [1.54, 1.807) is 6.20 Å². The summed E-state index contributed by atoms with van der Waals surface area (Å²) >= 11 is 0. The van der Waals surface area contributed by atoms with Gasteiger partial charge in [-0.1, -0.05) is 32.6 Å². The van der Waals surface area contributed by atoms with Crippen LogP contribution in [0.3, 0.4) is 0 Å². The largest absolute Gasteiger partial charge is 0.442 e. The zero-order valence-electron chi connectivity index (χ0n) is 20.7. The fourth-order valence-corrected chi connectivity index (χ4v) is 5.50. The molecule has 0 amide bonds. The molecular formula is C27H31N5O2Si. The Morgan fingerprint density at radius 2 is 2.06 bits per heavy atom. The minimum atomic E-state index is -1.15. The second-order valence-corrected chi connectivity index (χ2v) is 16.2. The number of hydrogen-bond acceptors (Lipinski definition) is 6. The lowest BCUT2D eigenvalue weighted by atomic mass is 10.0. The summed E-state index contributed by atoms with van der Waals surface area (Å²) in [6.45, 7) is 10.4. The highest BCUT2D eigenvalue weighted by atomic mass is 28.3. The third-order valence-electron chi connectivity index (χ3n) is 6.68. The Balaban J connectivity index is 1.43. The number of rotatable bonds is 8. The molecule has 2 aromatic heterocycles. The van der Waals surface area contributed by atoms with Gasteiger partial charge in [-0.15, -0.1) is 0 Å². The van der Waals surface area contributed by atoms with Gasteiger partial charge < -0.3 is 14.5 Å². The zero-order chi connectivity index (χ0) is 24.6. The Labute approximate surface area is 206 Å². The van der Waals surface area contributed by atoms with Crippen molar-refractivity contribution >= 4 is 24.7 Å². The topological polar surface area (TPSA) is 88.9 Å². The summed E-state index contributed by atoms with van der Waals surface area (Å²) in [5.74, 6) is 1.04. The Hall–Kier alpha value is -3.41. The molecule has 35 heavy (non-hydrogen) atoms. The summed E-state index contributed by atoms with van der Waals surface area (Å²) < 4.78 is 13.5. The SMILES string of the molecule is CC1CC(Nc2ccc3c(c2)c(-c2cnco2)nn3COCC[Si](C)(C)C)c2ccc(C#N)cc21. The summed E-state index contributed by atoms with van der Waals surface area (Å²) in [4.78, 5) is 4.09. The molecular weight excluding hydrogens is 454 g/mol. The van der Waals surface area contributed by atoms with Crippen LogP contribution in [-0.4, -0.2) is 29.4 Å². The number of aromatic nitrogens is 3. The Morgan fingerprint density at radius 3 is 2.80 bits per heavy atom. The lowest BCUT2D eigenvalue weighted by Gasteiger charge is -2.16. The molecule has 0 saturated heterocycles. The van der Waals surface area contributed by atoms with Crippen LogP contribution in [0, 0.1) is 11.3 Å². The van der Waals surface area contributed by atoms with E-state index in [1.807, 2.05) is 16.8 Å². The molecule has 2 aromatic carbocycles. The van der Waals surface area contributed by atoms with Crippen molar-refractivity contribution in [2.24, 2.45) is 0 Å². The van der Waals surface area contributed by atoms with Gasteiger partial charge in [-0.2, -0.15) is 10.4 Å². The maximum Gasteiger partial charge on any atom is 0.181 e. The van der Waals surface area contributed by atoms with Crippen LogP contribution in [0.1, 0.15) is 42.0 Å². The first-order valence-electron chi connectivity index (χ1n) is 12.1. The Bertz CT molecular complexity index is 1380. The number of anilines is 1. The van der Waals surface area contributed by atoms with Crippen LogP contribution < -0.4 is 5.32 Å². The average Bonchev–Trinajstić information content (AvgIpc) is 3.54. The zero-order valence-corrected chi connectivity index (χ0v) is 21.7. The monoisotopic (exact) mass is 485 g/mol. The van der Waals surface area contributed by atoms with Gasteiger partial charge in [-0.05, 0) is 59.8 Å². The molecule has 0 spiro atoms. The minimum Gasteiger partial charge on any atom is -0.442 e. The van der Waals surface area contributed by atoms with Crippen LogP contribution in [0.4, 0.5) is 5.69 Å². The number of nitriles is 1. The second kappa shape index (κ2) is 9.32. The molecule has 180 valence electrons. The van der Waals surface area contributed by atoms with Crippen molar-refractivity contribution in [3.8, 4) is 17.5 Å². The third-order valence-corrected chi connectivity index (χ3v) is 8.38. The summed E-state index contributed by atoms with van der Waals surface area (Å²) in [6, 6.07) is 15.9. The van der Waals surface area contributed by atoms with Gasteiger partial charge in [-0.3, -0.25) is 0 Å². The highest BCUT2D eigenvalue weighted by Crippen LogP contribution is 2.42. The van der Waals surface area contributed by atoms with Crippen molar-refractivity contribution in [1.29, 1.82) is 5.26 Å². The van der Waals surface area contributed by atoms with Crippen LogP contribution in [0.5, 0.6) is 0 Å². The van der Waals surface area contributed by atoms with E-state index in [1.165, 1.54) is 17.5 Å². The maximum absolute atomic E-state index is 9.27. The fourth-order valence-electron chi connectivity index (χ4n) is 4.75. The van der Waals surface area contributed by atoms with E-state index in [4.69, 9.17) is 14.3 Å². The van der Waals surface area contributed by atoms with Crippen molar-refractivity contribution < 1.29 is 9.15 Å². The van der Waals surface area contributed by atoms with Gasteiger partial charge in [-0.25, -0.2) is 9.67 Å². The summed E-state index contributed by atoms with van der Waals surface area (Å²) in [5.41, 5.74) is 6.01. The van der Waals surface area contributed by atoms with E-state index in [0.717, 1.165) is 41.4 Å². The molecule has 2 unspecified atom stereocenters. The number of nitrogens with zero attached hydrogens (tertiary/aromatic N) is 4. The number of oxazole rings is 1. The lowest BCUT2D eigenvalue weighted by Crippen LogP contribution is -2.22. The quantitative estimate of drug-likeness (QED) is 0.225. The molecule has 1 aliphatic carbocycles. The van der Waals surface area contributed by atoms with Crippen LogP contribution in [0.25, 0.3) is 22.4 Å². The van der Waals surface area contributed by atoms with Gasteiger partial charge in [0.1, 0.15) is 12.4 Å². The highest BCUT2D eigenvalue weighted by molar-refractivity contribution is 6.76. The molecule has 0 fully saturated rings. The van der Waals surface area contributed by atoms with E-state index in [-0.39, 0.29) is 6.04 Å².